The van der Waals surface area contributed by atoms with Crippen LogP contribution in [0.3, 0.4) is 0 Å². The molecule has 0 heterocycles. The van der Waals surface area contributed by atoms with Crippen LogP contribution in [-0.2, 0) is 6.42 Å². The molecule has 1 aliphatic rings. The van der Waals surface area contributed by atoms with E-state index in [0.717, 1.165) is 12.3 Å². The van der Waals surface area contributed by atoms with Gasteiger partial charge in [0.1, 0.15) is 0 Å². The van der Waals surface area contributed by atoms with Crippen molar-refractivity contribution in [3.63, 3.8) is 0 Å². The van der Waals surface area contributed by atoms with E-state index in [1.165, 1.54) is 11.1 Å². The monoisotopic (exact) mass is 294 g/mol. The molecule has 1 fully saturated rings. The van der Waals surface area contributed by atoms with Crippen LogP contribution in [-0.4, -0.2) is 4.83 Å². The van der Waals surface area contributed by atoms with Crippen molar-refractivity contribution in [2.24, 2.45) is 16.7 Å². The first kappa shape index (κ1) is 13.1. The summed E-state index contributed by atoms with van der Waals surface area (Å²) in [5.74, 6) is 0.773. The number of hydrogen-bond acceptors (Lipinski definition) is 0. The van der Waals surface area contributed by atoms with Gasteiger partial charge in [-0.3, -0.25) is 0 Å². The highest BCUT2D eigenvalue weighted by Crippen LogP contribution is 2.71. The summed E-state index contributed by atoms with van der Waals surface area (Å²) in [6, 6.07) is 8.72. The second-order valence-corrected chi connectivity index (χ2v) is 7.74. The molecule has 1 saturated carbocycles. The second-order valence-electron chi connectivity index (χ2n) is 6.57. The van der Waals surface area contributed by atoms with Crippen molar-refractivity contribution in [3.05, 3.63) is 35.4 Å². The molecular formula is C16H23Br. The largest absolute Gasteiger partial charge is 0.0884 e. The predicted molar refractivity (Wildman–Crippen MR) is 78.7 cm³/mol. The van der Waals surface area contributed by atoms with Crippen LogP contribution in [0.2, 0.25) is 0 Å². The fourth-order valence-corrected chi connectivity index (χ4v) is 4.99. The van der Waals surface area contributed by atoms with Crippen LogP contribution in [0.5, 0.6) is 0 Å². The lowest BCUT2D eigenvalue weighted by atomic mass is 9.99. The maximum Gasteiger partial charge on any atom is 0.0225 e. The maximum atomic E-state index is 3.93. The molecule has 17 heavy (non-hydrogen) atoms. The Hall–Kier alpha value is -0.300. The van der Waals surface area contributed by atoms with Crippen molar-refractivity contribution < 1.29 is 0 Å². The molecule has 2 rings (SSSR count). The Morgan fingerprint density at radius 2 is 1.65 bits per heavy atom. The molecule has 0 amide bonds. The van der Waals surface area contributed by atoms with E-state index in [1.54, 1.807) is 0 Å². The standard InChI is InChI=1S/C16H23Br/c1-11-8-6-7-9-12(11)10-13(17)14-15(2,3)16(14,4)5/h6-9,13-14H,10H2,1-5H3. The minimum absolute atomic E-state index is 0.462. The number of benzene rings is 1. The quantitative estimate of drug-likeness (QED) is 0.690. The summed E-state index contributed by atoms with van der Waals surface area (Å²) in [7, 11) is 0. The minimum Gasteiger partial charge on any atom is -0.0884 e. The number of hydrogen-bond donors (Lipinski definition) is 0. The van der Waals surface area contributed by atoms with Crippen LogP contribution in [0.15, 0.2) is 24.3 Å². The summed E-state index contributed by atoms with van der Waals surface area (Å²) >= 11 is 3.93. The lowest BCUT2D eigenvalue weighted by Crippen LogP contribution is -2.11. The summed E-state index contributed by atoms with van der Waals surface area (Å²) in [6.07, 6.45) is 1.14. The molecule has 1 unspecified atom stereocenters. The maximum absolute atomic E-state index is 3.93. The topological polar surface area (TPSA) is 0 Å². The number of alkyl halides is 1. The average molecular weight is 295 g/mol. The summed E-state index contributed by atoms with van der Waals surface area (Å²) in [5, 5.41) is 0. The fourth-order valence-electron chi connectivity index (χ4n) is 3.32. The van der Waals surface area contributed by atoms with E-state index in [2.05, 4.69) is 74.8 Å². The van der Waals surface area contributed by atoms with Gasteiger partial charge in [0.25, 0.3) is 0 Å². The molecule has 1 aromatic rings. The summed E-state index contributed by atoms with van der Waals surface area (Å²) in [6.45, 7) is 11.8. The summed E-state index contributed by atoms with van der Waals surface area (Å²) in [5.41, 5.74) is 3.81. The number of aryl methyl sites for hydroxylation is 1. The van der Waals surface area contributed by atoms with Gasteiger partial charge in [0.2, 0.25) is 0 Å². The van der Waals surface area contributed by atoms with E-state index in [-0.39, 0.29) is 0 Å². The Bertz CT molecular complexity index is 403. The smallest absolute Gasteiger partial charge is 0.0225 e. The number of halogens is 1. The third-order valence-electron chi connectivity index (χ3n) is 5.17. The van der Waals surface area contributed by atoms with Gasteiger partial charge in [0.15, 0.2) is 0 Å². The minimum atomic E-state index is 0.462. The summed E-state index contributed by atoms with van der Waals surface area (Å²) in [4.78, 5) is 0.591. The molecular weight excluding hydrogens is 272 g/mol. The van der Waals surface area contributed by atoms with Crippen LogP contribution >= 0.6 is 15.9 Å². The highest BCUT2D eigenvalue weighted by Gasteiger charge is 2.66. The Morgan fingerprint density at radius 3 is 2.12 bits per heavy atom. The first-order valence-corrected chi connectivity index (χ1v) is 7.38. The third kappa shape index (κ3) is 2.07. The molecule has 0 aromatic heterocycles. The van der Waals surface area contributed by atoms with Gasteiger partial charge in [-0.15, -0.1) is 0 Å². The fraction of sp³-hybridized carbons (Fsp3) is 0.625. The number of rotatable bonds is 3. The highest BCUT2D eigenvalue weighted by atomic mass is 79.9. The molecule has 1 aromatic carbocycles. The Kier molecular flexibility index (Phi) is 3.18. The molecule has 0 saturated heterocycles. The van der Waals surface area contributed by atoms with E-state index < -0.39 is 0 Å². The van der Waals surface area contributed by atoms with Gasteiger partial charge in [-0.2, -0.15) is 0 Å². The molecule has 0 radical (unpaired) electrons. The van der Waals surface area contributed by atoms with Gasteiger partial charge in [-0.1, -0.05) is 67.9 Å². The molecule has 1 atom stereocenters. The van der Waals surface area contributed by atoms with Gasteiger partial charge < -0.3 is 0 Å². The Labute approximate surface area is 114 Å². The predicted octanol–water partition coefficient (Wildman–Crippen LogP) is 4.98. The van der Waals surface area contributed by atoms with Crippen LogP contribution in [0, 0.1) is 23.7 Å². The molecule has 0 N–H and O–H groups in total. The van der Waals surface area contributed by atoms with Gasteiger partial charge in [0, 0.05) is 4.83 Å². The van der Waals surface area contributed by atoms with Crippen molar-refractivity contribution in [1.29, 1.82) is 0 Å². The second kappa shape index (κ2) is 4.12. The molecule has 0 aliphatic heterocycles. The Balaban J connectivity index is 2.10. The first-order chi connectivity index (χ1) is 7.78. The van der Waals surface area contributed by atoms with Gasteiger partial charge in [0.05, 0.1) is 0 Å². The zero-order valence-electron chi connectivity index (χ0n) is 11.5. The van der Waals surface area contributed by atoms with E-state index in [1.807, 2.05) is 0 Å². The Morgan fingerprint density at radius 1 is 1.12 bits per heavy atom. The van der Waals surface area contributed by atoms with E-state index in [4.69, 9.17) is 0 Å². The van der Waals surface area contributed by atoms with Gasteiger partial charge in [-0.25, -0.2) is 0 Å². The molecule has 0 bridgehead atoms. The van der Waals surface area contributed by atoms with E-state index in [9.17, 15) is 0 Å². The first-order valence-electron chi connectivity index (χ1n) is 6.47. The van der Waals surface area contributed by atoms with E-state index >= 15 is 0 Å². The highest BCUT2D eigenvalue weighted by molar-refractivity contribution is 9.09. The van der Waals surface area contributed by atoms with Crippen LogP contribution in [0.25, 0.3) is 0 Å². The van der Waals surface area contributed by atoms with Crippen molar-refractivity contribution >= 4 is 15.9 Å². The van der Waals surface area contributed by atoms with Crippen molar-refractivity contribution in [2.45, 2.75) is 45.9 Å². The lowest BCUT2D eigenvalue weighted by molar-refractivity contribution is 0.457. The van der Waals surface area contributed by atoms with Crippen LogP contribution in [0.1, 0.15) is 38.8 Å². The SMILES string of the molecule is Cc1ccccc1CC(Br)C1C(C)(C)C1(C)C. The zero-order valence-corrected chi connectivity index (χ0v) is 13.1. The molecule has 0 spiro atoms. The molecule has 94 valence electrons. The van der Waals surface area contributed by atoms with E-state index in [0.29, 0.717) is 15.7 Å². The van der Waals surface area contributed by atoms with Crippen molar-refractivity contribution in [3.8, 4) is 0 Å². The van der Waals surface area contributed by atoms with Gasteiger partial charge >= 0.3 is 0 Å². The average Bonchev–Trinajstić information content (AvgIpc) is 2.61. The van der Waals surface area contributed by atoms with Crippen molar-refractivity contribution in [1.82, 2.24) is 0 Å². The molecule has 1 heteroatoms. The zero-order chi connectivity index (χ0) is 12.8. The van der Waals surface area contributed by atoms with Crippen molar-refractivity contribution in [2.75, 3.05) is 0 Å². The lowest BCUT2D eigenvalue weighted by Gasteiger charge is -2.13. The molecule has 0 nitrogen and oxygen atoms in total. The normalized spacial score (nSPS) is 23.4. The third-order valence-corrected chi connectivity index (χ3v) is 6.02. The summed E-state index contributed by atoms with van der Waals surface area (Å²) < 4.78 is 0. The molecule has 1 aliphatic carbocycles. The van der Waals surface area contributed by atoms with Crippen LogP contribution < -0.4 is 0 Å². The van der Waals surface area contributed by atoms with Gasteiger partial charge in [-0.05, 0) is 41.2 Å². The van der Waals surface area contributed by atoms with Crippen LogP contribution in [0.4, 0.5) is 0 Å².